The molecule has 4 rings (SSSR count). The van der Waals surface area contributed by atoms with Crippen molar-refractivity contribution in [2.24, 2.45) is 0 Å². The quantitative estimate of drug-likeness (QED) is 0.809. The fraction of sp³-hybridized carbons (Fsp3) is 0.737. The fourth-order valence-corrected chi connectivity index (χ4v) is 4.17. The Kier molecular flexibility index (Phi) is 4.73. The second kappa shape index (κ2) is 7.00. The summed E-state index contributed by atoms with van der Waals surface area (Å²) < 4.78 is 6.13. The van der Waals surface area contributed by atoms with Crippen molar-refractivity contribution in [3.05, 3.63) is 12.3 Å². The van der Waals surface area contributed by atoms with Crippen LogP contribution >= 0.6 is 0 Å². The Bertz CT molecular complexity index is 599. The first-order valence-corrected chi connectivity index (χ1v) is 9.69. The molecule has 6 nitrogen and oxygen atoms in total. The molecule has 25 heavy (non-hydrogen) atoms. The van der Waals surface area contributed by atoms with E-state index in [-0.39, 0.29) is 0 Å². The molecule has 0 amide bonds. The van der Waals surface area contributed by atoms with Crippen LogP contribution in [0.15, 0.2) is 12.3 Å². The van der Waals surface area contributed by atoms with Gasteiger partial charge in [0.15, 0.2) is 11.6 Å². The number of aromatic nitrogens is 1. The molecule has 0 spiro atoms. The summed E-state index contributed by atoms with van der Waals surface area (Å²) in [5.41, 5.74) is 1.20. The summed E-state index contributed by atoms with van der Waals surface area (Å²) in [7, 11) is 2.19. The normalized spacial score (nSPS) is 25.4. The molecule has 0 saturated carbocycles. The molecule has 2 fully saturated rings. The molecule has 2 saturated heterocycles. The van der Waals surface area contributed by atoms with Crippen molar-refractivity contribution in [2.45, 2.75) is 32.4 Å². The number of likely N-dealkylation sites (N-methyl/N-ethyl adjacent to an activating group) is 1. The van der Waals surface area contributed by atoms with Crippen molar-refractivity contribution in [1.29, 1.82) is 0 Å². The third-order valence-corrected chi connectivity index (χ3v) is 5.91. The van der Waals surface area contributed by atoms with Crippen LogP contribution in [0.3, 0.4) is 0 Å². The largest absolute Gasteiger partial charge is 0.490 e. The second-order valence-electron chi connectivity index (χ2n) is 7.88. The minimum Gasteiger partial charge on any atom is -0.490 e. The Morgan fingerprint density at radius 2 is 1.92 bits per heavy atom. The molecule has 1 aromatic rings. The van der Waals surface area contributed by atoms with Crippen LogP contribution in [0.1, 0.15) is 20.3 Å². The predicted molar refractivity (Wildman–Crippen MR) is 102 cm³/mol. The molecule has 0 aromatic carbocycles. The minimum absolute atomic E-state index is 0.513. The van der Waals surface area contributed by atoms with Crippen LogP contribution in [0.25, 0.3) is 0 Å². The maximum absolute atomic E-state index is 6.13. The zero-order valence-corrected chi connectivity index (χ0v) is 15.8. The van der Waals surface area contributed by atoms with Gasteiger partial charge in [-0.1, -0.05) is 0 Å². The van der Waals surface area contributed by atoms with Gasteiger partial charge >= 0.3 is 0 Å². The van der Waals surface area contributed by atoms with E-state index >= 15 is 0 Å². The lowest BCUT2D eigenvalue weighted by Gasteiger charge is -2.43. The fourth-order valence-electron chi connectivity index (χ4n) is 4.17. The van der Waals surface area contributed by atoms with Gasteiger partial charge in [-0.25, -0.2) is 4.98 Å². The molecular weight excluding hydrogens is 314 g/mol. The van der Waals surface area contributed by atoms with Gasteiger partial charge < -0.3 is 19.4 Å². The Balaban J connectivity index is 1.54. The highest BCUT2D eigenvalue weighted by atomic mass is 16.5. The van der Waals surface area contributed by atoms with Gasteiger partial charge in [0.05, 0.1) is 18.5 Å². The summed E-state index contributed by atoms with van der Waals surface area (Å²) >= 11 is 0. The Morgan fingerprint density at radius 3 is 2.68 bits per heavy atom. The number of piperazine rings is 2. The number of ether oxygens (including phenoxy) is 1. The van der Waals surface area contributed by atoms with E-state index < -0.39 is 0 Å². The van der Waals surface area contributed by atoms with Crippen LogP contribution in [0.2, 0.25) is 0 Å². The van der Waals surface area contributed by atoms with Gasteiger partial charge in [0.25, 0.3) is 0 Å². The first-order valence-electron chi connectivity index (χ1n) is 9.69. The lowest BCUT2D eigenvalue weighted by Crippen LogP contribution is -2.55. The van der Waals surface area contributed by atoms with Gasteiger partial charge in [-0.3, -0.25) is 4.90 Å². The van der Waals surface area contributed by atoms with Gasteiger partial charge in [0.1, 0.15) is 0 Å². The van der Waals surface area contributed by atoms with E-state index in [2.05, 4.69) is 46.6 Å². The average molecular weight is 345 g/mol. The van der Waals surface area contributed by atoms with Crippen molar-refractivity contribution >= 4 is 11.5 Å². The number of nitrogens with zero attached hydrogens (tertiary/aromatic N) is 5. The van der Waals surface area contributed by atoms with Crippen LogP contribution < -0.4 is 14.5 Å². The van der Waals surface area contributed by atoms with Gasteiger partial charge in [-0.15, -0.1) is 0 Å². The van der Waals surface area contributed by atoms with E-state index in [0.717, 1.165) is 70.4 Å². The Hall–Kier alpha value is -1.53. The first-order chi connectivity index (χ1) is 12.1. The lowest BCUT2D eigenvalue weighted by molar-refractivity contribution is 0.172. The van der Waals surface area contributed by atoms with E-state index in [4.69, 9.17) is 9.72 Å². The molecule has 0 radical (unpaired) electrons. The molecule has 4 heterocycles. The zero-order chi connectivity index (χ0) is 17.4. The summed E-state index contributed by atoms with van der Waals surface area (Å²) in [6.07, 6.45) is 3.12. The smallest absolute Gasteiger partial charge is 0.171 e. The number of fused-ring (bicyclic) bond motifs is 3. The van der Waals surface area contributed by atoms with Crippen LogP contribution in [0.4, 0.5) is 11.5 Å². The number of anilines is 2. The number of rotatable bonds is 2. The lowest BCUT2D eigenvalue weighted by atomic mass is 10.1. The van der Waals surface area contributed by atoms with E-state index in [9.17, 15) is 0 Å². The molecule has 138 valence electrons. The molecule has 6 heteroatoms. The van der Waals surface area contributed by atoms with Crippen molar-refractivity contribution < 1.29 is 4.74 Å². The molecule has 0 N–H and O–H groups in total. The topological polar surface area (TPSA) is 35.1 Å². The number of pyridine rings is 1. The molecule has 0 bridgehead atoms. The van der Waals surface area contributed by atoms with E-state index in [0.29, 0.717) is 12.1 Å². The molecule has 0 aliphatic carbocycles. The zero-order valence-electron chi connectivity index (χ0n) is 15.8. The Morgan fingerprint density at radius 1 is 1.12 bits per heavy atom. The first kappa shape index (κ1) is 16.9. The highest BCUT2D eigenvalue weighted by Gasteiger charge is 2.33. The third kappa shape index (κ3) is 3.42. The maximum Gasteiger partial charge on any atom is 0.171 e. The van der Waals surface area contributed by atoms with E-state index in [1.807, 2.05) is 6.20 Å². The summed E-state index contributed by atoms with van der Waals surface area (Å²) in [6, 6.07) is 3.34. The van der Waals surface area contributed by atoms with E-state index in [1.165, 1.54) is 5.69 Å². The molecule has 1 atom stereocenters. The van der Waals surface area contributed by atoms with Gasteiger partial charge in [-0.05, 0) is 20.9 Å². The highest BCUT2D eigenvalue weighted by molar-refractivity contribution is 5.61. The maximum atomic E-state index is 6.13. The van der Waals surface area contributed by atoms with Crippen LogP contribution in [0.5, 0.6) is 5.75 Å². The SMILES string of the molecule is CC(C)N1CCN2c3ncc(N4CCN(C)CC4)cc3OCCC2C1. The van der Waals surface area contributed by atoms with Crippen molar-refractivity contribution in [2.75, 3.05) is 69.3 Å². The average Bonchev–Trinajstić information content (AvgIpc) is 2.80. The summed E-state index contributed by atoms with van der Waals surface area (Å²) in [6.45, 7) is 13.0. The Labute approximate surface area is 151 Å². The predicted octanol–water partition coefficient (Wildman–Crippen LogP) is 1.51. The molecule has 1 unspecified atom stereocenters. The highest BCUT2D eigenvalue weighted by Crippen LogP contribution is 2.35. The monoisotopic (exact) mass is 345 g/mol. The number of hydrogen-bond acceptors (Lipinski definition) is 6. The summed E-state index contributed by atoms with van der Waals surface area (Å²) in [4.78, 5) is 14.7. The second-order valence-corrected chi connectivity index (χ2v) is 7.88. The van der Waals surface area contributed by atoms with Crippen molar-refractivity contribution in [3.63, 3.8) is 0 Å². The molecule has 3 aliphatic heterocycles. The van der Waals surface area contributed by atoms with Crippen molar-refractivity contribution in [3.8, 4) is 5.75 Å². The van der Waals surface area contributed by atoms with E-state index in [1.54, 1.807) is 0 Å². The summed E-state index contributed by atoms with van der Waals surface area (Å²) in [5, 5.41) is 0. The molecular formula is C19H31N5O. The molecule has 3 aliphatic rings. The van der Waals surface area contributed by atoms with Gasteiger partial charge in [-0.2, -0.15) is 0 Å². The minimum atomic E-state index is 0.513. The van der Waals surface area contributed by atoms with Crippen LogP contribution in [0, 0.1) is 0 Å². The number of hydrogen-bond donors (Lipinski definition) is 0. The van der Waals surface area contributed by atoms with Crippen molar-refractivity contribution in [1.82, 2.24) is 14.8 Å². The standard InChI is InChI=1S/C19H31N5O/c1-15(2)23-9-10-24-16(14-23)4-11-25-18-12-17(13-20-19(18)24)22-7-5-21(3)6-8-22/h12-13,15-16H,4-11,14H2,1-3H3. The van der Waals surface area contributed by atoms with Gasteiger partial charge in [0.2, 0.25) is 0 Å². The summed E-state index contributed by atoms with van der Waals surface area (Å²) in [5.74, 6) is 2.01. The van der Waals surface area contributed by atoms with Crippen LogP contribution in [-0.2, 0) is 0 Å². The molecule has 1 aromatic heterocycles. The van der Waals surface area contributed by atoms with Crippen LogP contribution in [-0.4, -0.2) is 86.3 Å². The third-order valence-electron chi connectivity index (χ3n) is 5.91. The van der Waals surface area contributed by atoms with Gasteiger partial charge in [0, 0.05) is 70.4 Å².